The number of benzene rings is 2. The maximum absolute atomic E-state index is 13.5. The Hall–Kier alpha value is -4.70. The molecule has 2 aromatic heterocycles. The van der Waals surface area contributed by atoms with Crippen LogP contribution in [0.2, 0.25) is 0 Å². The summed E-state index contributed by atoms with van der Waals surface area (Å²) in [6, 6.07) is 20.3. The first-order chi connectivity index (χ1) is 17.6. The van der Waals surface area contributed by atoms with Crippen LogP contribution in [0.3, 0.4) is 0 Å². The second kappa shape index (κ2) is 10.1. The molecule has 4 rings (SSSR count). The van der Waals surface area contributed by atoms with E-state index in [2.05, 4.69) is 31.1 Å². The molecule has 37 heavy (non-hydrogen) atoms. The molecule has 7 heteroatoms. The Morgan fingerprint density at radius 3 is 2.35 bits per heavy atom. The number of para-hydroxylation sites is 1. The third-order valence-electron chi connectivity index (χ3n) is 6.03. The number of ether oxygens (including phenoxy) is 1. The lowest BCUT2D eigenvalue weighted by Gasteiger charge is -2.19. The lowest BCUT2D eigenvalue weighted by Crippen LogP contribution is -2.21. The van der Waals surface area contributed by atoms with E-state index in [-0.39, 0.29) is 22.4 Å². The predicted molar refractivity (Wildman–Crippen MR) is 145 cm³/mol. The fraction of sp³-hybridized carbons (Fsp3) is 0.200. The molecule has 0 saturated heterocycles. The summed E-state index contributed by atoms with van der Waals surface area (Å²) in [5, 5.41) is 12.5. The van der Waals surface area contributed by atoms with Crippen molar-refractivity contribution in [1.82, 2.24) is 9.38 Å². The molecule has 1 amide bonds. The summed E-state index contributed by atoms with van der Waals surface area (Å²) in [5.74, 6) is -0.138. The first-order valence-electron chi connectivity index (χ1n) is 11.9. The highest BCUT2D eigenvalue weighted by Crippen LogP contribution is 2.28. The van der Waals surface area contributed by atoms with Crippen molar-refractivity contribution in [1.29, 1.82) is 5.26 Å². The number of pyridine rings is 1. The molecule has 7 nitrogen and oxygen atoms in total. The summed E-state index contributed by atoms with van der Waals surface area (Å²) < 4.78 is 7.45. The highest BCUT2D eigenvalue weighted by Gasteiger charge is 2.19. The van der Waals surface area contributed by atoms with E-state index in [4.69, 9.17) is 4.74 Å². The topological polar surface area (TPSA) is 96.5 Å². The van der Waals surface area contributed by atoms with Crippen molar-refractivity contribution in [3.8, 4) is 17.7 Å². The Morgan fingerprint density at radius 2 is 1.70 bits per heavy atom. The number of aryl methyl sites for hydroxylation is 2. The number of carbonyl (C=O) groups is 1. The van der Waals surface area contributed by atoms with Crippen LogP contribution in [0.4, 0.5) is 5.69 Å². The van der Waals surface area contributed by atoms with E-state index in [1.54, 1.807) is 24.4 Å². The van der Waals surface area contributed by atoms with E-state index in [1.165, 1.54) is 10.5 Å². The van der Waals surface area contributed by atoms with Crippen LogP contribution < -0.4 is 15.6 Å². The van der Waals surface area contributed by atoms with Gasteiger partial charge in [-0.1, -0.05) is 57.2 Å². The van der Waals surface area contributed by atoms with Gasteiger partial charge < -0.3 is 10.1 Å². The maximum atomic E-state index is 13.5. The molecule has 0 aliphatic carbocycles. The van der Waals surface area contributed by atoms with Crippen molar-refractivity contribution in [3.05, 3.63) is 105 Å². The fourth-order valence-corrected chi connectivity index (χ4v) is 3.82. The SMILES string of the molecule is Cc1ccccc1NC(=O)/C(C#N)=C\c1c(Oc2ccc(C(C)(C)C)cc2)nc2c(C)cccn2c1=O. The first kappa shape index (κ1) is 25.4. The zero-order valence-corrected chi connectivity index (χ0v) is 21.5. The molecule has 0 spiro atoms. The van der Waals surface area contributed by atoms with Gasteiger partial charge in [0.25, 0.3) is 11.5 Å². The molecule has 186 valence electrons. The molecule has 0 radical (unpaired) electrons. The molecule has 0 saturated carbocycles. The van der Waals surface area contributed by atoms with Crippen LogP contribution in [0, 0.1) is 25.2 Å². The standard InChI is InChI=1S/C30H28N4O3/c1-19-9-6-7-11-25(19)32-27(35)21(18-31)17-24-28(33-26-20(2)10-8-16-34(26)29(24)36)37-23-14-12-22(13-15-23)30(3,4)5/h6-17H,1-5H3,(H,32,35)/b21-17-. The second-order valence-corrected chi connectivity index (χ2v) is 9.84. The van der Waals surface area contributed by atoms with E-state index >= 15 is 0 Å². The maximum Gasteiger partial charge on any atom is 0.269 e. The van der Waals surface area contributed by atoms with Gasteiger partial charge in [0.1, 0.15) is 28.6 Å². The molecule has 4 aromatic rings. The van der Waals surface area contributed by atoms with E-state index in [0.717, 1.165) is 16.7 Å². The van der Waals surface area contributed by atoms with Crippen molar-refractivity contribution in [2.24, 2.45) is 0 Å². The first-order valence-corrected chi connectivity index (χ1v) is 11.9. The van der Waals surface area contributed by atoms with Gasteiger partial charge in [-0.15, -0.1) is 0 Å². The van der Waals surface area contributed by atoms with Crippen LogP contribution in [0.1, 0.15) is 43.0 Å². The summed E-state index contributed by atoms with van der Waals surface area (Å²) in [6.07, 6.45) is 2.83. The van der Waals surface area contributed by atoms with Crippen LogP contribution in [-0.2, 0) is 10.2 Å². The number of fused-ring (bicyclic) bond motifs is 1. The molecule has 0 bridgehead atoms. The van der Waals surface area contributed by atoms with Gasteiger partial charge in [-0.25, -0.2) is 0 Å². The van der Waals surface area contributed by atoms with Crippen molar-refractivity contribution in [3.63, 3.8) is 0 Å². The average molecular weight is 493 g/mol. The smallest absolute Gasteiger partial charge is 0.269 e. The summed E-state index contributed by atoms with van der Waals surface area (Å²) in [5.41, 5.74) is 3.02. The van der Waals surface area contributed by atoms with Crippen molar-refractivity contribution in [2.45, 2.75) is 40.0 Å². The van der Waals surface area contributed by atoms with Gasteiger partial charge in [0.05, 0.1) is 0 Å². The van der Waals surface area contributed by atoms with Crippen molar-refractivity contribution in [2.75, 3.05) is 5.32 Å². The second-order valence-electron chi connectivity index (χ2n) is 9.84. The molecule has 0 unspecified atom stereocenters. The molecule has 0 fully saturated rings. The minimum Gasteiger partial charge on any atom is -0.438 e. The molecule has 0 atom stereocenters. The van der Waals surface area contributed by atoms with Crippen LogP contribution in [0.15, 0.2) is 77.2 Å². The third kappa shape index (κ3) is 5.44. The van der Waals surface area contributed by atoms with E-state index in [0.29, 0.717) is 17.1 Å². The fourth-order valence-electron chi connectivity index (χ4n) is 3.82. The Bertz CT molecular complexity index is 1620. The predicted octanol–water partition coefficient (Wildman–Crippen LogP) is 5.95. The molecule has 2 aromatic carbocycles. The zero-order valence-electron chi connectivity index (χ0n) is 21.5. The van der Waals surface area contributed by atoms with Gasteiger partial charge in [0.2, 0.25) is 5.88 Å². The number of aromatic nitrogens is 2. The average Bonchev–Trinajstić information content (AvgIpc) is 2.86. The molecular formula is C30H28N4O3. The number of anilines is 1. The van der Waals surface area contributed by atoms with E-state index < -0.39 is 11.5 Å². The van der Waals surface area contributed by atoms with Gasteiger partial charge in [-0.05, 0) is 66.3 Å². The lowest BCUT2D eigenvalue weighted by atomic mass is 9.87. The molecule has 2 heterocycles. The molecule has 1 N–H and O–H groups in total. The number of hydrogen-bond acceptors (Lipinski definition) is 5. The lowest BCUT2D eigenvalue weighted by molar-refractivity contribution is -0.112. The van der Waals surface area contributed by atoms with Crippen molar-refractivity contribution >= 4 is 23.3 Å². The summed E-state index contributed by atoms with van der Waals surface area (Å²) in [4.78, 5) is 31.1. The number of nitriles is 1. The Kier molecular flexibility index (Phi) is 6.94. The van der Waals surface area contributed by atoms with Crippen LogP contribution in [-0.4, -0.2) is 15.3 Å². The Labute approximate surface area is 215 Å². The highest BCUT2D eigenvalue weighted by molar-refractivity contribution is 6.10. The highest BCUT2D eigenvalue weighted by atomic mass is 16.5. The number of carbonyl (C=O) groups excluding carboxylic acids is 1. The van der Waals surface area contributed by atoms with Crippen LogP contribution in [0.25, 0.3) is 11.7 Å². The Morgan fingerprint density at radius 1 is 1.03 bits per heavy atom. The quantitative estimate of drug-likeness (QED) is 0.274. The normalized spacial score (nSPS) is 11.7. The van der Waals surface area contributed by atoms with Gasteiger partial charge in [0.15, 0.2) is 0 Å². The van der Waals surface area contributed by atoms with Crippen LogP contribution in [0.5, 0.6) is 11.6 Å². The molecule has 0 aliphatic heterocycles. The summed E-state index contributed by atoms with van der Waals surface area (Å²) >= 11 is 0. The molecular weight excluding hydrogens is 464 g/mol. The monoisotopic (exact) mass is 492 g/mol. The van der Waals surface area contributed by atoms with Crippen molar-refractivity contribution < 1.29 is 9.53 Å². The number of hydrogen-bond donors (Lipinski definition) is 1. The van der Waals surface area contributed by atoms with Gasteiger partial charge in [-0.3, -0.25) is 14.0 Å². The van der Waals surface area contributed by atoms with Gasteiger partial charge in [0, 0.05) is 11.9 Å². The summed E-state index contributed by atoms with van der Waals surface area (Å²) in [7, 11) is 0. The zero-order chi connectivity index (χ0) is 26.7. The minimum atomic E-state index is -0.633. The third-order valence-corrected chi connectivity index (χ3v) is 6.03. The van der Waals surface area contributed by atoms with Gasteiger partial charge >= 0.3 is 0 Å². The Balaban J connectivity index is 1.81. The van der Waals surface area contributed by atoms with Crippen LogP contribution >= 0.6 is 0 Å². The summed E-state index contributed by atoms with van der Waals surface area (Å²) in [6.45, 7) is 10.0. The molecule has 0 aliphatic rings. The van der Waals surface area contributed by atoms with Gasteiger partial charge in [-0.2, -0.15) is 10.2 Å². The minimum absolute atomic E-state index is 0.000480. The number of rotatable bonds is 5. The number of nitrogens with one attached hydrogen (secondary N) is 1. The van der Waals surface area contributed by atoms with E-state index in [1.807, 2.05) is 62.4 Å². The largest absolute Gasteiger partial charge is 0.438 e. The number of amides is 1. The number of nitrogens with zero attached hydrogens (tertiary/aromatic N) is 3. The van der Waals surface area contributed by atoms with E-state index in [9.17, 15) is 14.9 Å².